The van der Waals surface area contributed by atoms with Crippen LogP contribution in [-0.4, -0.2) is 47.3 Å². The van der Waals surface area contributed by atoms with Crippen LogP contribution in [0.1, 0.15) is 32.0 Å². The molecule has 6 heteroatoms. The molecule has 1 fully saturated rings. The molecule has 1 atom stereocenters. The topological polar surface area (TPSA) is 56.6 Å². The molecule has 0 saturated carbocycles. The molecule has 6 nitrogen and oxygen atoms in total. The summed E-state index contributed by atoms with van der Waals surface area (Å²) in [4.78, 5) is 20.2. The lowest BCUT2D eigenvalue weighted by molar-refractivity contribution is 0.230. The van der Waals surface area contributed by atoms with Gasteiger partial charge in [-0.1, -0.05) is 0 Å². The molecule has 0 radical (unpaired) electrons. The second-order valence-electron chi connectivity index (χ2n) is 7.91. The van der Waals surface area contributed by atoms with Crippen LogP contribution in [0.5, 0.6) is 11.5 Å². The van der Waals surface area contributed by atoms with Crippen LogP contribution in [0.3, 0.4) is 0 Å². The molecule has 2 heterocycles. The molecular formula is C24H29N3O3. The Labute approximate surface area is 177 Å². The summed E-state index contributed by atoms with van der Waals surface area (Å²) in [6.45, 7) is 7.12. The normalized spacial score (nSPS) is 16.8. The van der Waals surface area contributed by atoms with Gasteiger partial charge in [0.05, 0.1) is 30.3 Å². The molecule has 1 aliphatic heterocycles. The average Bonchev–Trinajstić information content (AvgIpc) is 3.16. The SMILES string of the molecule is COc1ccc2nc(C)n(-c3ccc(OCCCN4CCC[C@@H]4C)cc3)c(=O)c2c1. The number of likely N-dealkylation sites (tertiary alicyclic amines) is 1. The van der Waals surface area contributed by atoms with Gasteiger partial charge in [0.2, 0.25) is 0 Å². The zero-order chi connectivity index (χ0) is 21.1. The molecule has 4 rings (SSSR count). The molecule has 0 N–H and O–H groups in total. The van der Waals surface area contributed by atoms with E-state index in [0.29, 0.717) is 35.1 Å². The molecule has 1 aromatic heterocycles. The van der Waals surface area contributed by atoms with Gasteiger partial charge in [0.25, 0.3) is 5.56 Å². The van der Waals surface area contributed by atoms with Crippen molar-refractivity contribution in [3.05, 3.63) is 58.6 Å². The highest BCUT2D eigenvalue weighted by Gasteiger charge is 2.19. The Bertz CT molecular complexity index is 1080. The highest BCUT2D eigenvalue weighted by molar-refractivity contribution is 5.79. The number of aryl methyl sites for hydroxylation is 1. The summed E-state index contributed by atoms with van der Waals surface area (Å²) in [5.74, 6) is 2.10. The van der Waals surface area contributed by atoms with E-state index in [2.05, 4.69) is 16.8 Å². The molecule has 3 aromatic rings. The molecular weight excluding hydrogens is 378 g/mol. The fourth-order valence-corrected chi connectivity index (χ4v) is 4.18. The van der Waals surface area contributed by atoms with Gasteiger partial charge >= 0.3 is 0 Å². The Balaban J connectivity index is 1.47. The molecule has 1 saturated heterocycles. The first-order valence-corrected chi connectivity index (χ1v) is 10.6. The first-order valence-electron chi connectivity index (χ1n) is 10.6. The lowest BCUT2D eigenvalue weighted by Crippen LogP contribution is -2.28. The highest BCUT2D eigenvalue weighted by Crippen LogP contribution is 2.20. The van der Waals surface area contributed by atoms with Crippen LogP contribution in [-0.2, 0) is 0 Å². The number of nitrogens with zero attached hydrogens (tertiary/aromatic N) is 3. The van der Waals surface area contributed by atoms with Crippen LogP contribution in [0.25, 0.3) is 16.6 Å². The van der Waals surface area contributed by atoms with Crippen molar-refractivity contribution in [3.63, 3.8) is 0 Å². The maximum Gasteiger partial charge on any atom is 0.266 e. The minimum absolute atomic E-state index is 0.107. The fourth-order valence-electron chi connectivity index (χ4n) is 4.18. The Morgan fingerprint density at radius 1 is 1.13 bits per heavy atom. The van der Waals surface area contributed by atoms with Crippen molar-refractivity contribution in [2.24, 2.45) is 0 Å². The number of aromatic nitrogens is 2. The van der Waals surface area contributed by atoms with Crippen LogP contribution in [0, 0.1) is 6.92 Å². The monoisotopic (exact) mass is 407 g/mol. The minimum Gasteiger partial charge on any atom is -0.497 e. The van der Waals surface area contributed by atoms with E-state index in [1.807, 2.05) is 43.3 Å². The number of rotatable bonds is 7. The molecule has 0 amide bonds. The maximum absolute atomic E-state index is 13.1. The molecule has 0 spiro atoms. The van der Waals surface area contributed by atoms with Crippen LogP contribution >= 0.6 is 0 Å². The Morgan fingerprint density at radius 2 is 1.90 bits per heavy atom. The molecule has 1 aliphatic rings. The first-order chi connectivity index (χ1) is 14.6. The average molecular weight is 408 g/mol. The Kier molecular flexibility index (Phi) is 6.04. The van der Waals surface area contributed by atoms with Gasteiger partial charge in [-0.3, -0.25) is 9.36 Å². The quantitative estimate of drug-likeness (QED) is 0.555. The zero-order valence-electron chi connectivity index (χ0n) is 17.9. The van der Waals surface area contributed by atoms with Crippen molar-refractivity contribution in [2.75, 3.05) is 26.8 Å². The summed E-state index contributed by atoms with van der Waals surface area (Å²) >= 11 is 0. The van der Waals surface area contributed by atoms with Gasteiger partial charge in [-0.15, -0.1) is 0 Å². The second kappa shape index (κ2) is 8.88. The summed E-state index contributed by atoms with van der Waals surface area (Å²) in [5.41, 5.74) is 1.33. The third kappa shape index (κ3) is 4.19. The van der Waals surface area contributed by atoms with Gasteiger partial charge in [0.15, 0.2) is 0 Å². The van der Waals surface area contributed by atoms with E-state index >= 15 is 0 Å². The molecule has 30 heavy (non-hydrogen) atoms. The number of hydrogen-bond acceptors (Lipinski definition) is 5. The summed E-state index contributed by atoms with van der Waals surface area (Å²) < 4.78 is 12.8. The largest absolute Gasteiger partial charge is 0.497 e. The van der Waals surface area contributed by atoms with Crippen molar-refractivity contribution < 1.29 is 9.47 Å². The van der Waals surface area contributed by atoms with Gasteiger partial charge in [-0.2, -0.15) is 0 Å². The van der Waals surface area contributed by atoms with Crippen molar-refractivity contribution in [1.29, 1.82) is 0 Å². The third-order valence-electron chi connectivity index (χ3n) is 5.89. The smallest absolute Gasteiger partial charge is 0.266 e. The van der Waals surface area contributed by atoms with E-state index in [0.717, 1.165) is 24.4 Å². The van der Waals surface area contributed by atoms with E-state index in [1.54, 1.807) is 17.7 Å². The lowest BCUT2D eigenvalue weighted by atomic mass is 10.2. The third-order valence-corrected chi connectivity index (χ3v) is 5.89. The summed E-state index contributed by atoms with van der Waals surface area (Å²) in [6, 6.07) is 13.7. The maximum atomic E-state index is 13.1. The number of benzene rings is 2. The molecule has 2 aromatic carbocycles. The minimum atomic E-state index is -0.107. The molecule has 0 unspecified atom stereocenters. The van der Waals surface area contributed by atoms with E-state index in [4.69, 9.17) is 9.47 Å². The van der Waals surface area contributed by atoms with Gasteiger partial charge in [-0.25, -0.2) is 4.98 Å². The predicted octanol–water partition coefficient (Wildman–Crippen LogP) is 3.96. The van der Waals surface area contributed by atoms with Gasteiger partial charge in [-0.05, 0) is 82.1 Å². The number of fused-ring (bicyclic) bond motifs is 1. The Hall–Kier alpha value is -2.86. The van der Waals surface area contributed by atoms with E-state index in [-0.39, 0.29) is 5.56 Å². The van der Waals surface area contributed by atoms with Gasteiger partial charge in [0.1, 0.15) is 17.3 Å². The van der Waals surface area contributed by atoms with E-state index < -0.39 is 0 Å². The van der Waals surface area contributed by atoms with Crippen LogP contribution in [0.2, 0.25) is 0 Å². The van der Waals surface area contributed by atoms with E-state index in [1.165, 1.54) is 19.4 Å². The van der Waals surface area contributed by atoms with Gasteiger partial charge in [0, 0.05) is 12.6 Å². The van der Waals surface area contributed by atoms with Gasteiger partial charge < -0.3 is 14.4 Å². The zero-order valence-corrected chi connectivity index (χ0v) is 17.9. The fraction of sp³-hybridized carbons (Fsp3) is 0.417. The molecule has 158 valence electrons. The van der Waals surface area contributed by atoms with Crippen LogP contribution in [0.15, 0.2) is 47.3 Å². The number of ether oxygens (including phenoxy) is 2. The standard InChI is InChI=1S/C24H29N3O3/c1-17-6-4-13-26(17)14-5-15-30-20-9-7-19(8-10-20)27-18(2)25-23-12-11-21(29-3)16-22(23)24(27)28/h7-12,16-17H,4-6,13-15H2,1-3H3/t17-/m0/s1. The van der Waals surface area contributed by atoms with Crippen molar-refractivity contribution >= 4 is 10.9 Å². The summed E-state index contributed by atoms with van der Waals surface area (Å²) in [6.07, 6.45) is 3.62. The number of methoxy groups -OCH3 is 1. The first kappa shape index (κ1) is 20.4. The van der Waals surface area contributed by atoms with Crippen LogP contribution < -0.4 is 15.0 Å². The van der Waals surface area contributed by atoms with Crippen LogP contribution in [0.4, 0.5) is 0 Å². The summed E-state index contributed by atoms with van der Waals surface area (Å²) in [5, 5.41) is 0.538. The molecule has 0 aliphatic carbocycles. The predicted molar refractivity (Wildman–Crippen MR) is 119 cm³/mol. The van der Waals surface area contributed by atoms with Crippen molar-refractivity contribution in [3.8, 4) is 17.2 Å². The molecule has 0 bridgehead atoms. The second-order valence-corrected chi connectivity index (χ2v) is 7.91. The van der Waals surface area contributed by atoms with E-state index in [9.17, 15) is 4.79 Å². The van der Waals surface area contributed by atoms with Crippen molar-refractivity contribution in [2.45, 2.75) is 39.2 Å². The Morgan fingerprint density at radius 3 is 2.60 bits per heavy atom. The highest BCUT2D eigenvalue weighted by atomic mass is 16.5. The number of hydrogen-bond donors (Lipinski definition) is 0. The lowest BCUT2D eigenvalue weighted by Gasteiger charge is -2.20. The van der Waals surface area contributed by atoms with Crippen molar-refractivity contribution in [1.82, 2.24) is 14.5 Å². The summed E-state index contributed by atoms with van der Waals surface area (Å²) in [7, 11) is 1.59.